The average Bonchev–Trinajstić information content (AvgIpc) is 2.69. The number of rotatable bonds is 3. The third-order valence-electron chi connectivity index (χ3n) is 2.41. The predicted octanol–water partition coefficient (Wildman–Crippen LogP) is 2.17. The zero-order valence-corrected chi connectivity index (χ0v) is 11.4. The van der Waals surface area contributed by atoms with Gasteiger partial charge in [-0.1, -0.05) is 15.9 Å². The maximum absolute atomic E-state index is 11.8. The second-order valence-corrected chi connectivity index (χ2v) is 4.80. The maximum Gasteiger partial charge on any atom is 0.246 e. The largest absolute Gasteiger partial charge is 0.382 e. The molecule has 1 aromatic carbocycles. The second kappa shape index (κ2) is 5.22. The summed E-state index contributed by atoms with van der Waals surface area (Å²) in [6.45, 7) is 2.11. The van der Waals surface area contributed by atoms with Crippen LogP contribution >= 0.6 is 15.9 Å². The van der Waals surface area contributed by atoms with Crippen LogP contribution in [0.3, 0.4) is 0 Å². The second-order valence-electron chi connectivity index (χ2n) is 3.95. The molecule has 1 aromatic heterocycles. The first kappa shape index (κ1) is 12.6. The van der Waals surface area contributed by atoms with Gasteiger partial charge in [-0.05, 0) is 36.8 Å². The van der Waals surface area contributed by atoms with Crippen LogP contribution in [-0.4, -0.2) is 15.7 Å². The maximum atomic E-state index is 11.8. The Bertz CT molecular complexity index is 579. The molecule has 2 aromatic rings. The summed E-state index contributed by atoms with van der Waals surface area (Å²) < 4.78 is 2.51. The number of nitrogen functional groups attached to an aromatic ring is 1. The number of nitrogens with zero attached hydrogens (tertiary/aromatic N) is 2. The van der Waals surface area contributed by atoms with E-state index in [1.807, 2.05) is 25.1 Å². The summed E-state index contributed by atoms with van der Waals surface area (Å²) in [4.78, 5) is 11.8. The smallest absolute Gasteiger partial charge is 0.246 e. The number of hydrogen-bond acceptors (Lipinski definition) is 3. The van der Waals surface area contributed by atoms with Crippen molar-refractivity contribution in [2.24, 2.45) is 0 Å². The van der Waals surface area contributed by atoms with Gasteiger partial charge in [-0.2, -0.15) is 5.10 Å². The predicted molar refractivity (Wildman–Crippen MR) is 74.1 cm³/mol. The lowest BCUT2D eigenvalue weighted by Gasteiger charge is -2.07. The van der Waals surface area contributed by atoms with Crippen LogP contribution in [0.4, 0.5) is 11.5 Å². The Morgan fingerprint density at radius 3 is 2.89 bits per heavy atom. The van der Waals surface area contributed by atoms with Crippen molar-refractivity contribution in [1.29, 1.82) is 0 Å². The van der Waals surface area contributed by atoms with E-state index in [0.29, 0.717) is 5.82 Å². The van der Waals surface area contributed by atoms with Gasteiger partial charge in [0.1, 0.15) is 12.4 Å². The Morgan fingerprint density at radius 2 is 2.28 bits per heavy atom. The van der Waals surface area contributed by atoms with E-state index in [0.717, 1.165) is 15.7 Å². The molecule has 0 spiro atoms. The highest BCUT2D eigenvalue weighted by molar-refractivity contribution is 9.10. The number of halogens is 1. The average molecular weight is 309 g/mol. The molecule has 18 heavy (non-hydrogen) atoms. The van der Waals surface area contributed by atoms with E-state index in [-0.39, 0.29) is 12.5 Å². The van der Waals surface area contributed by atoms with Gasteiger partial charge in [0.05, 0.1) is 0 Å². The van der Waals surface area contributed by atoms with Crippen LogP contribution < -0.4 is 11.1 Å². The number of hydrogen-bond donors (Lipinski definition) is 2. The fourth-order valence-electron chi connectivity index (χ4n) is 1.54. The monoisotopic (exact) mass is 308 g/mol. The van der Waals surface area contributed by atoms with Crippen molar-refractivity contribution in [3.05, 3.63) is 40.5 Å². The lowest BCUT2D eigenvalue weighted by atomic mass is 10.2. The number of aryl methyl sites for hydroxylation is 1. The fraction of sp³-hybridized carbons (Fsp3) is 0.167. The zero-order valence-electron chi connectivity index (χ0n) is 9.85. The quantitative estimate of drug-likeness (QED) is 0.912. The van der Waals surface area contributed by atoms with Gasteiger partial charge in [0.2, 0.25) is 5.91 Å². The van der Waals surface area contributed by atoms with Crippen molar-refractivity contribution < 1.29 is 4.79 Å². The molecule has 0 aliphatic heterocycles. The molecule has 0 bridgehead atoms. The summed E-state index contributed by atoms with van der Waals surface area (Å²) in [5, 5.41) is 6.76. The molecule has 1 amide bonds. The van der Waals surface area contributed by atoms with E-state index >= 15 is 0 Å². The highest BCUT2D eigenvalue weighted by Crippen LogP contribution is 2.19. The first-order valence-corrected chi connectivity index (χ1v) is 6.19. The summed E-state index contributed by atoms with van der Waals surface area (Å²) >= 11 is 3.41. The van der Waals surface area contributed by atoms with Crippen molar-refractivity contribution in [1.82, 2.24) is 9.78 Å². The van der Waals surface area contributed by atoms with Crippen molar-refractivity contribution in [2.75, 3.05) is 11.1 Å². The van der Waals surface area contributed by atoms with Crippen LogP contribution in [0.15, 0.2) is 34.9 Å². The molecule has 3 N–H and O–H groups in total. The van der Waals surface area contributed by atoms with Crippen LogP contribution in [0.2, 0.25) is 0 Å². The van der Waals surface area contributed by atoms with Crippen LogP contribution in [-0.2, 0) is 11.3 Å². The first-order valence-electron chi connectivity index (χ1n) is 5.39. The topological polar surface area (TPSA) is 72.9 Å². The molecule has 0 saturated carbocycles. The molecule has 0 aliphatic carbocycles. The van der Waals surface area contributed by atoms with Gasteiger partial charge >= 0.3 is 0 Å². The van der Waals surface area contributed by atoms with Crippen molar-refractivity contribution in [3.8, 4) is 0 Å². The van der Waals surface area contributed by atoms with Crippen LogP contribution in [0.5, 0.6) is 0 Å². The van der Waals surface area contributed by atoms with E-state index in [4.69, 9.17) is 5.73 Å². The first-order chi connectivity index (χ1) is 8.54. The Labute approximate surface area is 113 Å². The molecule has 94 valence electrons. The molecule has 5 nitrogen and oxygen atoms in total. The minimum atomic E-state index is -0.139. The number of aromatic nitrogens is 2. The SMILES string of the molecule is Cc1cc(NC(=O)Cn2ccc(N)n2)ccc1Br. The van der Waals surface area contributed by atoms with Crippen LogP contribution in [0.1, 0.15) is 5.56 Å². The highest BCUT2D eigenvalue weighted by Gasteiger charge is 2.05. The molecule has 0 unspecified atom stereocenters. The zero-order chi connectivity index (χ0) is 13.1. The molecular weight excluding hydrogens is 296 g/mol. The van der Waals surface area contributed by atoms with Gasteiger partial charge in [-0.3, -0.25) is 9.48 Å². The molecule has 0 fully saturated rings. The number of carbonyl (C=O) groups excluding carboxylic acids is 1. The number of carbonyl (C=O) groups is 1. The molecule has 1 heterocycles. The Kier molecular flexibility index (Phi) is 3.66. The van der Waals surface area contributed by atoms with E-state index in [9.17, 15) is 4.79 Å². The van der Waals surface area contributed by atoms with Crippen LogP contribution in [0, 0.1) is 6.92 Å². The molecule has 0 saturated heterocycles. The van der Waals surface area contributed by atoms with Crippen molar-refractivity contribution >= 4 is 33.3 Å². The Morgan fingerprint density at radius 1 is 1.50 bits per heavy atom. The summed E-state index contributed by atoms with van der Waals surface area (Å²) in [6.07, 6.45) is 1.67. The number of nitrogens with one attached hydrogen (secondary N) is 1. The standard InChI is InChI=1S/C12H13BrN4O/c1-8-6-9(2-3-10(8)13)15-12(18)7-17-5-4-11(14)16-17/h2-6H,7H2,1H3,(H2,14,16)(H,15,18). The normalized spacial score (nSPS) is 10.3. The van der Waals surface area contributed by atoms with Gasteiger partial charge in [-0.15, -0.1) is 0 Å². The van der Waals surface area contributed by atoms with Gasteiger partial charge in [0, 0.05) is 16.4 Å². The third-order valence-corrected chi connectivity index (χ3v) is 3.30. The van der Waals surface area contributed by atoms with Crippen LogP contribution in [0.25, 0.3) is 0 Å². The highest BCUT2D eigenvalue weighted by atomic mass is 79.9. The summed E-state index contributed by atoms with van der Waals surface area (Å²) in [6, 6.07) is 7.29. The molecule has 6 heteroatoms. The summed E-state index contributed by atoms with van der Waals surface area (Å²) in [5.41, 5.74) is 7.31. The molecule has 0 aliphatic rings. The van der Waals surface area contributed by atoms with Crippen molar-refractivity contribution in [2.45, 2.75) is 13.5 Å². The summed E-state index contributed by atoms with van der Waals surface area (Å²) in [5.74, 6) is 0.266. The van der Waals surface area contributed by atoms with Gasteiger partial charge < -0.3 is 11.1 Å². The molecule has 0 radical (unpaired) electrons. The Balaban J connectivity index is 2.00. The molecule has 0 atom stereocenters. The fourth-order valence-corrected chi connectivity index (χ4v) is 1.78. The van der Waals surface area contributed by atoms with Gasteiger partial charge in [0.25, 0.3) is 0 Å². The minimum Gasteiger partial charge on any atom is -0.382 e. The van der Waals surface area contributed by atoms with Crippen molar-refractivity contribution in [3.63, 3.8) is 0 Å². The minimum absolute atomic E-state index is 0.139. The van der Waals surface area contributed by atoms with E-state index in [1.54, 1.807) is 12.3 Å². The molecule has 2 rings (SSSR count). The number of nitrogens with two attached hydrogens (primary N) is 1. The number of anilines is 2. The van der Waals surface area contributed by atoms with E-state index in [1.165, 1.54) is 4.68 Å². The Hall–Kier alpha value is -1.82. The third kappa shape index (κ3) is 3.10. The molecular formula is C12H13BrN4O. The lowest BCUT2D eigenvalue weighted by Crippen LogP contribution is -2.19. The number of benzene rings is 1. The van der Waals surface area contributed by atoms with E-state index in [2.05, 4.69) is 26.3 Å². The summed E-state index contributed by atoms with van der Waals surface area (Å²) in [7, 11) is 0. The lowest BCUT2D eigenvalue weighted by molar-refractivity contribution is -0.116. The van der Waals surface area contributed by atoms with Gasteiger partial charge in [0.15, 0.2) is 0 Å². The number of amides is 1. The van der Waals surface area contributed by atoms with E-state index < -0.39 is 0 Å². The van der Waals surface area contributed by atoms with Gasteiger partial charge in [-0.25, -0.2) is 0 Å².